The largest absolute Gasteiger partial charge is 0.458 e. The standard InChI is InChI=1S/C11H13IN2O6/c1-5(16)19-8-2-6(4-15)20-10(8)14-3-7(12)9(17)13-11(14)18/h3,6,8,10,15H,2,4H2,1H3,(H,13,17,18)/t6-,8?,10+/m1/s1. The normalized spacial score (nSPS) is 25.6. The molecule has 110 valence electrons. The van der Waals surface area contributed by atoms with Gasteiger partial charge in [-0.1, -0.05) is 0 Å². The molecule has 0 saturated carbocycles. The summed E-state index contributed by atoms with van der Waals surface area (Å²) in [7, 11) is 0. The van der Waals surface area contributed by atoms with Crippen molar-refractivity contribution in [1.82, 2.24) is 9.55 Å². The molecule has 8 nitrogen and oxygen atoms in total. The van der Waals surface area contributed by atoms with Crippen molar-refractivity contribution in [2.24, 2.45) is 0 Å². The molecule has 1 aromatic rings. The van der Waals surface area contributed by atoms with Crippen LogP contribution in [0.2, 0.25) is 0 Å². The molecule has 0 radical (unpaired) electrons. The lowest BCUT2D eigenvalue weighted by Gasteiger charge is -2.20. The summed E-state index contributed by atoms with van der Waals surface area (Å²) < 4.78 is 12.1. The van der Waals surface area contributed by atoms with Crippen LogP contribution in [0.15, 0.2) is 15.8 Å². The van der Waals surface area contributed by atoms with Gasteiger partial charge in [0.15, 0.2) is 6.23 Å². The lowest BCUT2D eigenvalue weighted by atomic mass is 10.2. The van der Waals surface area contributed by atoms with Gasteiger partial charge in [-0.25, -0.2) is 4.79 Å². The zero-order chi connectivity index (χ0) is 14.9. The van der Waals surface area contributed by atoms with Crippen LogP contribution in [0.5, 0.6) is 0 Å². The van der Waals surface area contributed by atoms with Crippen LogP contribution in [0, 0.1) is 3.57 Å². The molecule has 0 aliphatic carbocycles. The molecule has 9 heteroatoms. The smallest absolute Gasteiger partial charge is 0.330 e. The SMILES string of the molecule is CC(=O)OC1C[C@H](CO)O[C@@H]1n1cc(I)c(=O)[nH]c1=O. The minimum Gasteiger partial charge on any atom is -0.458 e. The lowest BCUT2D eigenvalue weighted by Crippen LogP contribution is -2.37. The summed E-state index contributed by atoms with van der Waals surface area (Å²) in [5.41, 5.74) is -1.15. The molecule has 2 heterocycles. The molecule has 0 bridgehead atoms. The highest BCUT2D eigenvalue weighted by atomic mass is 127. The average molecular weight is 396 g/mol. The van der Waals surface area contributed by atoms with Crippen LogP contribution in [0.4, 0.5) is 0 Å². The zero-order valence-corrected chi connectivity index (χ0v) is 12.7. The first-order valence-corrected chi connectivity index (χ1v) is 6.94. The molecular formula is C11H13IN2O6. The van der Waals surface area contributed by atoms with E-state index in [1.807, 2.05) is 0 Å². The molecule has 0 amide bonds. The summed E-state index contributed by atoms with van der Waals surface area (Å²) in [6, 6.07) is 0. The summed E-state index contributed by atoms with van der Waals surface area (Å²) >= 11 is 1.78. The number of aromatic amines is 1. The van der Waals surface area contributed by atoms with E-state index in [9.17, 15) is 14.4 Å². The molecule has 0 spiro atoms. The molecule has 1 aliphatic heterocycles. The van der Waals surface area contributed by atoms with Crippen molar-refractivity contribution in [3.63, 3.8) is 0 Å². The molecule has 3 atom stereocenters. The second kappa shape index (κ2) is 6.06. The molecule has 0 aromatic carbocycles. The number of aromatic nitrogens is 2. The van der Waals surface area contributed by atoms with Crippen molar-refractivity contribution in [2.75, 3.05) is 6.61 Å². The van der Waals surface area contributed by atoms with Crippen LogP contribution in [0.1, 0.15) is 19.6 Å². The van der Waals surface area contributed by atoms with Crippen LogP contribution in [0.25, 0.3) is 0 Å². The molecule has 1 saturated heterocycles. The van der Waals surface area contributed by atoms with Crippen LogP contribution >= 0.6 is 22.6 Å². The van der Waals surface area contributed by atoms with E-state index in [4.69, 9.17) is 14.6 Å². The predicted molar refractivity (Wildman–Crippen MR) is 75.2 cm³/mol. The minimum atomic E-state index is -0.867. The van der Waals surface area contributed by atoms with Gasteiger partial charge in [0.25, 0.3) is 5.56 Å². The summed E-state index contributed by atoms with van der Waals surface area (Å²) in [6.45, 7) is 1.01. The van der Waals surface area contributed by atoms with E-state index in [2.05, 4.69) is 4.98 Å². The monoisotopic (exact) mass is 396 g/mol. The Kier molecular flexibility index (Phi) is 4.60. The van der Waals surface area contributed by atoms with Crippen molar-refractivity contribution in [3.05, 3.63) is 30.6 Å². The van der Waals surface area contributed by atoms with Gasteiger partial charge in [0.2, 0.25) is 0 Å². The molecule has 2 N–H and O–H groups in total. The Hall–Kier alpha value is -1.20. The summed E-state index contributed by atoms with van der Waals surface area (Å²) in [4.78, 5) is 36.4. The molecule has 20 heavy (non-hydrogen) atoms. The zero-order valence-electron chi connectivity index (χ0n) is 10.5. The van der Waals surface area contributed by atoms with Crippen molar-refractivity contribution in [3.8, 4) is 0 Å². The van der Waals surface area contributed by atoms with E-state index in [-0.39, 0.29) is 13.0 Å². The van der Waals surface area contributed by atoms with E-state index in [1.165, 1.54) is 13.1 Å². The summed E-state index contributed by atoms with van der Waals surface area (Å²) in [5.74, 6) is -0.505. The number of halogens is 1. The lowest BCUT2D eigenvalue weighted by molar-refractivity contribution is -0.152. The number of carbonyl (C=O) groups excluding carboxylic acids is 1. The molecule has 1 unspecified atom stereocenters. The number of ether oxygens (including phenoxy) is 2. The third kappa shape index (κ3) is 3.10. The fourth-order valence-electron chi connectivity index (χ4n) is 2.05. The van der Waals surface area contributed by atoms with Gasteiger partial charge in [-0.05, 0) is 22.6 Å². The third-order valence-corrected chi connectivity index (χ3v) is 3.63. The Morgan fingerprint density at radius 3 is 2.95 bits per heavy atom. The summed E-state index contributed by atoms with van der Waals surface area (Å²) in [5, 5.41) is 9.14. The van der Waals surface area contributed by atoms with Gasteiger partial charge >= 0.3 is 11.7 Å². The Morgan fingerprint density at radius 1 is 1.65 bits per heavy atom. The topological polar surface area (TPSA) is 111 Å². The first kappa shape index (κ1) is 15.2. The highest BCUT2D eigenvalue weighted by Crippen LogP contribution is 2.30. The van der Waals surface area contributed by atoms with Gasteiger partial charge in [0.05, 0.1) is 16.3 Å². The number of aliphatic hydroxyl groups excluding tert-OH is 1. The molecule has 1 fully saturated rings. The number of H-pyrrole nitrogens is 1. The number of rotatable bonds is 3. The van der Waals surface area contributed by atoms with Gasteiger partial charge in [-0.3, -0.25) is 19.1 Å². The number of nitrogens with zero attached hydrogens (tertiary/aromatic N) is 1. The van der Waals surface area contributed by atoms with E-state index < -0.39 is 35.7 Å². The fraction of sp³-hybridized carbons (Fsp3) is 0.545. The maximum absolute atomic E-state index is 11.8. The van der Waals surface area contributed by atoms with Crippen molar-refractivity contribution in [2.45, 2.75) is 31.8 Å². The first-order valence-electron chi connectivity index (χ1n) is 5.87. The number of nitrogens with one attached hydrogen (secondary N) is 1. The Labute approximate surface area is 126 Å². The Bertz CT molecular complexity index is 624. The Balaban J connectivity index is 2.38. The predicted octanol–water partition coefficient (Wildman–Crippen LogP) is -0.647. The molecular weight excluding hydrogens is 383 g/mol. The van der Waals surface area contributed by atoms with E-state index >= 15 is 0 Å². The molecule has 1 aliphatic rings. The number of aliphatic hydroxyl groups is 1. The van der Waals surface area contributed by atoms with Crippen molar-refractivity contribution < 1.29 is 19.4 Å². The third-order valence-electron chi connectivity index (χ3n) is 2.86. The first-order chi connectivity index (χ1) is 9.42. The van der Waals surface area contributed by atoms with Gasteiger partial charge in [0, 0.05) is 19.5 Å². The number of carbonyl (C=O) groups is 1. The van der Waals surface area contributed by atoms with Crippen LogP contribution in [0.3, 0.4) is 0 Å². The van der Waals surface area contributed by atoms with Crippen molar-refractivity contribution in [1.29, 1.82) is 0 Å². The second-order valence-corrected chi connectivity index (χ2v) is 5.52. The molecule has 1 aromatic heterocycles. The Morgan fingerprint density at radius 2 is 2.35 bits per heavy atom. The maximum atomic E-state index is 11.8. The average Bonchev–Trinajstić information content (AvgIpc) is 2.76. The van der Waals surface area contributed by atoms with E-state index in [1.54, 1.807) is 22.6 Å². The summed E-state index contributed by atoms with van der Waals surface area (Å²) in [6.07, 6.45) is -0.468. The molecule has 2 rings (SSSR count). The van der Waals surface area contributed by atoms with Gasteiger partial charge in [0.1, 0.15) is 6.10 Å². The maximum Gasteiger partial charge on any atom is 0.330 e. The highest BCUT2D eigenvalue weighted by molar-refractivity contribution is 14.1. The minimum absolute atomic E-state index is 0.247. The number of hydrogen-bond acceptors (Lipinski definition) is 6. The number of hydrogen-bond donors (Lipinski definition) is 2. The number of esters is 1. The van der Waals surface area contributed by atoms with Gasteiger partial charge in [-0.15, -0.1) is 0 Å². The van der Waals surface area contributed by atoms with E-state index in [0.29, 0.717) is 3.57 Å². The quantitative estimate of drug-likeness (QED) is 0.519. The van der Waals surface area contributed by atoms with Crippen LogP contribution in [-0.2, 0) is 14.3 Å². The second-order valence-electron chi connectivity index (χ2n) is 4.36. The van der Waals surface area contributed by atoms with E-state index in [0.717, 1.165) is 4.57 Å². The fourth-order valence-corrected chi connectivity index (χ4v) is 2.48. The van der Waals surface area contributed by atoms with Crippen LogP contribution < -0.4 is 11.2 Å². The van der Waals surface area contributed by atoms with Gasteiger partial charge in [-0.2, -0.15) is 0 Å². The van der Waals surface area contributed by atoms with Crippen LogP contribution in [-0.4, -0.2) is 39.4 Å². The van der Waals surface area contributed by atoms with Crippen molar-refractivity contribution >= 4 is 28.6 Å². The van der Waals surface area contributed by atoms with Gasteiger partial charge < -0.3 is 14.6 Å². The highest BCUT2D eigenvalue weighted by Gasteiger charge is 2.39.